The monoisotopic (exact) mass is 174 g/mol. The molecule has 0 N–H and O–H groups in total. The molecule has 0 saturated carbocycles. The number of hydrogen-bond acceptors (Lipinski definition) is 0. The van der Waals surface area contributed by atoms with E-state index < -0.39 is 0 Å². The first-order valence-electron chi connectivity index (χ1n) is 5.06. The molecule has 1 aromatic rings. The second-order valence-electron chi connectivity index (χ2n) is 3.42. The highest BCUT2D eigenvalue weighted by Gasteiger charge is 1.97. The first kappa shape index (κ1) is 10.0. The van der Waals surface area contributed by atoms with E-state index in [0.29, 0.717) is 5.92 Å². The third-order valence-corrected chi connectivity index (χ3v) is 2.21. The minimum atomic E-state index is 0.549. The normalized spacial score (nSPS) is 13.4. The molecule has 0 heteroatoms. The largest absolute Gasteiger partial charge is 0.0879 e. The van der Waals surface area contributed by atoms with Gasteiger partial charge in [-0.15, -0.1) is 0 Å². The molecule has 0 nitrogen and oxygen atoms in total. The third-order valence-electron chi connectivity index (χ3n) is 2.21. The summed E-state index contributed by atoms with van der Waals surface area (Å²) < 4.78 is 0. The second kappa shape index (κ2) is 5.58. The first-order chi connectivity index (χ1) is 6.34. The zero-order valence-electron chi connectivity index (χ0n) is 8.53. The van der Waals surface area contributed by atoms with Crippen molar-refractivity contribution in [2.45, 2.75) is 32.6 Å². The molecule has 13 heavy (non-hydrogen) atoms. The zero-order chi connectivity index (χ0) is 9.52. The highest BCUT2D eigenvalue weighted by molar-refractivity contribution is 5.22. The van der Waals surface area contributed by atoms with Gasteiger partial charge in [0.15, 0.2) is 0 Å². The van der Waals surface area contributed by atoms with Crippen LogP contribution < -0.4 is 0 Å². The Bertz CT molecular complexity index is 246. The van der Waals surface area contributed by atoms with Crippen LogP contribution in [0.5, 0.6) is 0 Å². The van der Waals surface area contributed by atoms with Crippen molar-refractivity contribution in [1.29, 1.82) is 0 Å². The molecule has 0 aliphatic heterocycles. The molecular formula is C13H18. The maximum absolute atomic E-state index is 2.29. The van der Waals surface area contributed by atoms with Crippen LogP contribution in [0.25, 0.3) is 0 Å². The van der Waals surface area contributed by atoms with Gasteiger partial charge in [0.05, 0.1) is 0 Å². The van der Waals surface area contributed by atoms with Gasteiger partial charge in [-0.1, -0.05) is 62.8 Å². The lowest BCUT2D eigenvalue weighted by molar-refractivity contribution is 0.918. The molecule has 1 aromatic carbocycles. The molecule has 1 atom stereocenters. The summed E-state index contributed by atoms with van der Waals surface area (Å²) in [4.78, 5) is 0. The van der Waals surface area contributed by atoms with E-state index in [2.05, 4.69) is 56.3 Å². The lowest BCUT2D eigenvalue weighted by atomic mass is 10.0. The Hall–Kier alpha value is -1.04. The van der Waals surface area contributed by atoms with Gasteiger partial charge in [0, 0.05) is 0 Å². The van der Waals surface area contributed by atoms with E-state index in [1.807, 2.05) is 0 Å². The summed E-state index contributed by atoms with van der Waals surface area (Å²) in [6.07, 6.45) is 6.99. The van der Waals surface area contributed by atoms with Gasteiger partial charge in [0.1, 0.15) is 0 Å². The van der Waals surface area contributed by atoms with E-state index >= 15 is 0 Å². The summed E-state index contributed by atoms with van der Waals surface area (Å²) in [5.41, 5.74) is 1.40. The fourth-order valence-corrected chi connectivity index (χ4v) is 1.33. The summed E-state index contributed by atoms with van der Waals surface area (Å²) in [6, 6.07) is 10.6. The summed E-state index contributed by atoms with van der Waals surface area (Å²) in [5.74, 6) is 0.549. The molecule has 0 saturated heterocycles. The maximum Gasteiger partial charge on any atom is -0.00104 e. The predicted molar refractivity (Wildman–Crippen MR) is 58.9 cm³/mol. The smallest absolute Gasteiger partial charge is 0.00104 e. The fraction of sp³-hybridized carbons (Fsp3) is 0.385. The van der Waals surface area contributed by atoms with Gasteiger partial charge in [-0.05, 0) is 17.9 Å². The molecule has 0 amide bonds. The minimum absolute atomic E-state index is 0.549. The van der Waals surface area contributed by atoms with Crippen LogP contribution in [0.3, 0.4) is 0 Å². The number of benzene rings is 1. The van der Waals surface area contributed by atoms with Crippen LogP contribution >= 0.6 is 0 Å². The molecule has 0 heterocycles. The summed E-state index contributed by atoms with van der Waals surface area (Å²) >= 11 is 0. The molecule has 0 aliphatic carbocycles. The van der Waals surface area contributed by atoms with Crippen LogP contribution in [0.15, 0.2) is 42.5 Å². The van der Waals surface area contributed by atoms with Crippen molar-refractivity contribution in [3.63, 3.8) is 0 Å². The van der Waals surface area contributed by atoms with Crippen molar-refractivity contribution in [3.8, 4) is 0 Å². The van der Waals surface area contributed by atoms with E-state index in [1.54, 1.807) is 0 Å². The van der Waals surface area contributed by atoms with Gasteiger partial charge in [-0.2, -0.15) is 0 Å². The average molecular weight is 174 g/mol. The number of unbranched alkanes of at least 4 members (excludes halogenated alkanes) is 1. The van der Waals surface area contributed by atoms with Crippen molar-refractivity contribution < 1.29 is 0 Å². The van der Waals surface area contributed by atoms with E-state index in [1.165, 1.54) is 18.4 Å². The van der Waals surface area contributed by atoms with E-state index in [-0.39, 0.29) is 0 Å². The van der Waals surface area contributed by atoms with Crippen molar-refractivity contribution >= 4 is 0 Å². The van der Waals surface area contributed by atoms with Crippen LogP contribution in [0.1, 0.15) is 38.2 Å². The molecule has 0 fully saturated rings. The highest BCUT2D eigenvalue weighted by Crippen LogP contribution is 2.15. The first-order valence-corrected chi connectivity index (χ1v) is 5.06. The third kappa shape index (κ3) is 3.45. The van der Waals surface area contributed by atoms with Gasteiger partial charge in [-0.3, -0.25) is 0 Å². The Morgan fingerprint density at radius 1 is 1.23 bits per heavy atom. The van der Waals surface area contributed by atoms with Gasteiger partial charge in [0.25, 0.3) is 0 Å². The molecule has 0 spiro atoms. The molecule has 0 aromatic heterocycles. The van der Waals surface area contributed by atoms with Gasteiger partial charge < -0.3 is 0 Å². The minimum Gasteiger partial charge on any atom is -0.0879 e. The van der Waals surface area contributed by atoms with E-state index in [4.69, 9.17) is 0 Å². The summed E-state index contributed by atoms with van der Waals surface area (Å²) in [7, 11) is 0. The zero-order valence-corrected chi connectivity index (χ0v) is 8.53. The van der Waals surface area contributed by atoms with E-state index in [0.717, 1.165) is 0 Å². The molecule has 1 unspecified atom stereocenters. The van der Waals surface area contributed by atoms with Crippen molar-refractivity contribution in [2.75, 3.05) is 0 Å². The molecule has 0 aliphatic rings. The average Bonchev–Trinajstić information content (AvgIpc) is 2.19. The van der Waals surface area contributed by atoms with Crippen LogP contribution in [-0.4, -0.2) is 0 Å². The second-order valence-corrected chi connectivity index (χ2v) is 3.42. The molecular weight excluding hydrogens is 156 g/mol. The highest BCUT2D eigenvalue weighted by atomic mass is 14.0. The summed E-state index contributed by atoms with van der Waals surface area (Å²) in [5, 5.41) is 0. The van der Waals surface area contributed by atoms with Crippen molar-refractivity contribution in [2.24, 2.45) is 0 Å². The molecule has 1 rings (SSSR count). The Kier molecular flexibility index (Phi) is 4.31. The topological polar surface area (TPSA) is 0 Å². The van der Waals surface area contributed by atoms with Crippen molar-refractivity contribution in [1.82, 2.24) is 0 Å². The Balaban J connectivity index is 2.53. The molecule has 70 valence electrons. The SMILES string of the molecule is CCC/C=C/C(C)c1ccccc1. The Labute approximate surface area is 81.3 Å². The fourth-order valence-electron chi connectivity index (χ4n) is 1.33. The lowest BCUT2D eigenvalue weighted by Gasteiger charge is -2.05. The summed E-state index contributed by atoms with van der Waals surface area (Å²) in [6.45, 7) is 4.44. The number of hydrogen-bond donors (Lipinski definition) is 0. The Morgan fingerprint density at radius 3 is 2.54 bits per heavy atom. The van der Waals surface area contributed by atoms with Gasteiger partial charge >= 0.3 is 0 Å². The predicted octanol–water partition coefficient (Wildman–Crippen LogP) is 4.15. The van der Waals surface area contributed by atoms with Gasteiger partial charge in [0.2, 0.25) is 0 Å². The number of rotatable bonds is 4. The maximum atomic E-state index is 2.29. The quantitative estimate of drug-likeness (QED) is 0.602. The molecule has 0 radical (unpaired) electrons. The van der Waals surface area contributed by atoms with Crippen LogP contribution in [-0.2, 0) is 0 Å². The standard InChI is InChI=1S/C13H18/c1-3-4-6-9-12(2)13-10-7-5-8-11-13/h5-12H,3-4H2,1-2H3/b9-6+. The number of allylic oxidation sites excluding steroid dienone is 2. The lowest BCUT2D eigenvalue weighted by Crippen LogP contribution is -1.87. The molecule has 0 bridgehead atoms. The van der Waals surface area contributed by atoms with Crippen molar-refractivity contribution in [3.05, 3.63) is 48.0 Å². The van der Waals surface area contributed by atoms with Crippen LogP contribution in [0.4, 0.5) is 0 Å². The van der Waals surface area contributed by atoms with Gasteiger partial charge in [-0.25, -0.2) is 0 Å². The van der Waals surface area contributed by atoms with Crippen LogP contribution in [0.2, 0.25) is 0 Å². The Morgan fingerprint density at radius 2 is 1.92 bits per heavy atom. The van der Waals surface area contributed by atoms with Crippen LogP contribution in [0, 0.1) is 0 Å². The van der Waals surface area contributed by atoms with E-state index in [9.17, 15) is 0 Å².